The first kappa shape index (κ1) is 30.4. The lowest BCUT2D eigenvalue weighted by atomic mass is 9.44. The predicted molar refractivity (Wildman–Crippen MR) is 164 cm³/mol. The van der Waals surface area contributed by atoms with Gasteiger partial charge in [0.1, 0.15) is 6.42 Å². The largest absolute Gasteiger partial charge is 0.379 e. The molecule has 12 atom stereocenters. The monoisotopic (exact) mass is 599 g/mol. The van der Waals surface area contributed by atoms with Gasteiger partial charge in [-0.2, -0.15) is 0 Å². The zero-order valence-electron chi connectivity index (χ0n) is 27.2. The van der Waals surface area contributed by atoms with Crippen molar-refractivity contribution in [1.82, 2.24) is 15.5 Å². The van der Waals surface area contributed by atoms with Crippen LogP contribution in [0, 0.1) is 52.3 Å². The quantitative estimate of drug-likeness (QED) is 0.445. The molecule has 7 rings (SSSR count). The van der Waals surface area contributed by atoms with Gasteiger partial charge in [0.05, 0.1) is 32.6 Å². The Labute approximate surface area is 259 Å². The van der Waals surface area contributed by atoms with Crippen LogP contribution in [0.2, 0.25) is 0 Å². The van der Waals surface area contributed by atoms with Crippen LogP contribution < -0.4 is 10.6 Å². The molecule has 2 N–H and O–H groups in total. The lowest BCUT2D eigenvalue weighted by Gasteiger charge is -2.61. The van der Waals surface area contributed by atoms with E-state index in [4.69, 9.17) is 14.2 Å². The predicted octanol–water partition coefficient (Wildman–Crippen LogP) is 4.71. The van der Waals surface area contributed by atoms with E-state index in [-0.39, 0.29) is 30.1 Å². The van der Waals surface area contributed by atoms with E-state index in [1.54, 1.807) is 0 Å². The van der Waals surface area contributed by atoms with Crippen LogP contribution in [0.5, 0.6) is 0 Å². The molecule has 8 heteroatoms. The minimum absolute atomic E-state index is 0.0814. The third kappa shape index (κ3) is 5.28. The maximum Gasteiger partial charge on any atom is 0.230 e. The Bertz CT molecular complexity index is 1060. The molecular formula is C35H57N3O5. The Kier molecular flexibility index (Phi) is 8.17. The zero-order valence-corrected chi connectivity index (χ0v) is 27.2. The minimum Gasteiger partial charge on any atom is -0.379 e. The molecular weight excluding hydrogens is 542 g/mol. The van der Waals surface area contributed by atoms with E-state index >= 15 is 0 Å². The van der Waals surface area contributed by atoms with Gasteiger partial charge < -0.3 is 24.8 Å². The SMILES string of the molecule is C[C@@H]1CC[C@@]2(OC1)O[C@H]1C[C@H]3[C@@H]4CC[C@H]5CC(NC(=O)CC(=O)NCN6CCOCC6)CC[C@]5(C)[C@H]4CC[C@]3(C)[C@H]1[C@@H]2C. The number of ether oxygens (including phenoxy) is 3. The number of hydrogen-bond acceptors (Lipinski definition) is 6. The Morgan fingerprint density at radius 3 is 2.44 bits per heavy atom. The number of carbonyl (C=O) groups excluding carboxylic acids is 2. The van der Waals surface area contributed by atoms with Crippen LogP contribution in [0.1, 0.15) is 98.3 Å². The van der Waals surface area contributed by atoms with Crippen LogP contribution in [-0.2, 0) is 23.8 Å². The molecule has 7 aliphatic rings. The molecule has 0 radical (unpaired) electrons. The summed E-state index contributed by atoms with van der Waals surface area (Å²) in [6, 6.07) is 0.192. The number of carbonyl (C=O) groups is 2. The number of nitrogens with one attached hydrogen (secondary N) is 2. The summed E-state index contributed by atoms with van der Waals surface area (Å²) in [5, 5.41) is 6.17. The standard InChI is InChI=1S/C35H57N3O5/c1-22-7-12-35(42-20-22)23(2)32-29(43-35)18-28-26-6-5-24-17-25(8-10-33(24,3)27(26)9-11-34(28,32)4)37-31(40)19-30(39)36-21-38-13-15-41-16-14-38/h22-29,32H,5-21H2,1-4H3,(H,36,39)(H,37,40)/t22-,23+,24+,25?,26-,27+,28+,29+,32+,33+,34+,35-/m1/s1. The van der Waals surface area contributed by atoms with Crippen molar-refractivity contribution in [3.05, 3.63) is 0 Å². The fourth-order valence-corrected chi connectivity index (χ4v) is 11.9. The molecule has 1 unspecified atom stereocenters. The van der Waals surface area contributed by atoms with Gasteiger partial charge in [0.2, 0.25) is 11.8 Å². The minimum atomic E-state index is -0.331. The maximum atomic E-state index is 12.8. The van der Waals surface area contributed by atoms with Crippen LogP contribution >= 0.6 is 0 Å². The van der Waals surface area contributed by atoms with Gasteiger partial charge in [-0.15, -0.1) is 0 Å². The molecule has 242 valence electrons. The molecule has 3 heterocycles. The normalized spacial score (nSPS) is 49.4. The first-order valence-corrected chi connectivity index (χ1v) is 17.8. The third-order valence-electron chi connectivity index (χ3n) is 14.2. The van der Waals surface area contributed by atoms with E-state index in [0.29, 0.717) is 60.5 Å². The van der Waals surface area contributed by atoms with E-state index in [2.05, 4.69) is 43.2 Å². The van der Waals surface area contributed by atoms with E-state index in [1.165, 1.54) is 44.9 Å². The number of hydrogen-bond donors (Lipinski definition) is 2. The fourth-order valence-electron chi connectivity index (χ4n) is 11.9. The maximum absolute atomic E-state index is 12.8. The highest BCUT2D eigenvalue weighted by Crippen LogP contribution is 2.71. The van der Waals surface area contributed by atoms with Gasteiger partial charge in [0.25, 0.3) is 0 Å². The van der Waals surface area contributed by atoms with E-state index < -0.39 is 0 Å². The number of rotatable bonds is 5. The summed E-state index contributed by atoms with van der Waals surface area (Å²) < 4.78 is 18.9. The number of fused-ring (bicyclic) bond motifs is 7. The highest BCUT2D eigenvalue weighted by atomic mass is 16.7. The summed E-state index contributed by atoms with van der Waals surface area (Å²) in [5.74, 6) is 4.08. The lowest BCUT2D eigenvalue weighted by Crippen LogP contribution is -2.56. The van der Waals surface area contributed by atoms with Crippen LogP contribution in [0.15, 0.2) is 0 Å². The van der Waals surface area contributed by atoms with Crippen molar-refractivity contribution in [3.63, 3.8) is 0 Å². The van der Waals surface area contributed by atoms with Crippen molar-refractivity contribution in [2.75, 3.05) is 39.6 Å². The average molecular weight is 600 g/mol. The second-order valence-corrected chi connectivity index (χ2v) is 16.4. The Morgan fingerprint density at radius 1 is 0.884 bits per heavy atom. The number of morpholine rings is 1. The summed E-state index contributed by atoms with van der Waals surface area (Å²) >= 11 is 0. The van der Waals surface area contributed by atoms with Gasteiger partial charge in [0, 0.05) is 31.5 Å². The molecule has 0 aromatic heterocycles. The van der Waals surface area contributed by atoms with Gasteiger partial charge >= 0.3 is 0 Å². The van der Waals surface area contributed by atoms with Crippen molar-refractivity contribution in [2.45, 2.75) is 116 Å². The summed E-state index contributed by atoms with van der Waals surface area (Å²) in [6.45, 7) is 14.3. The molecule has 7 fully saturated rings. The van der Waals surface area contributed by atoms with Crippen LogP contribution in [-0.4, -0.2) is 74.2 Å². The second-order valence-electron chi connectivity index (χ2n) is 16.4. The molecule has 0 aromatic rings. The topological polar surface area (TPSA) is 89.1 Å². The molecule has 0 bridgehead atoms. The Balaban J connectivity index is 0.940. The van der Waals surface area contributed by atoms with E-state index in [0.717, 1.165) is 56.7 Å². The molecule has 3 saturated heterocycles. The van der Waals surface area contributed by atoms with Crippen LogP contribution in [0.4, 0.5) is 0 Å². The molecule has 8 nitrogen and oxygen atoms in total. The lowest BCUT2D eigenvalue weighted by molar-refractivity contribution is -0.273. The highest BCUT2D eigenvalue weighted by Gasteiger charge is 2.69. The van der Waals surface area contributed by atoms with Crippen molar-refractivity contribution >= 4 is 11.8 Å². The summed E-state index contributed by atoms with van der Waals surface area (Å²) in [4.78, 5) is 27.4. The molecule has 3 aliphatic heterocycles. The molecule has 0 aromatic carbocycles. The fraction of sp³-hybridized carbons (Fsp3) is 0.943. The summed E-state index contributed by atoms with van der Waals surface area (Å²) in [7, 11) is 0. The highest BCUT2D eigenvalue weighted by molar-refractivity contribution is 5.96. The average Bonchev–Trinajstić information content (AvgIpc) is 3.44. The van der Waals surface area contributed by atoms with Crippen molar-refractivity contribution in [2.24, 2.45) is 52.3 Å². The molecule has 2 amide bonds. The smallest absolute Gasteiger partial charge is 0.230 e. The molecule has 1 spiro atoms. The van der Waals surface area contributed by atoms with Crippen molar-refractivity contribution in [1.29, 1.82) is 0 Å². The van der Waals surface area contributed by atoms with Crippen molar-refractivity contribution < 1.29 is 23.8 Å². The van der Waals surface area contributed by atoms with E-state index in [9.17, 15) is 9.59 Å². The zero-order chi connectivity index (χ0) is 30.0. The Hall–Kier alpha value is -1.22. The first-order valence-electron chi connectivity index (χ1n) is 17.8. The van der Waals surface area contributed by atoms with Crippen LogP contribution in [0.25, 0.3) is 0 Å². The van der Waals surface area contributed by atoms with Gasteiger partial charge in [-0.25, -0.2) is 0 Å². The first-order chi connectivity index (χ1) is 20.6. The number of nitrogens with zero attached hydrogens (tertiary/aromatic N) is 1. The third-order valence-corrected chi connectivity index (χ3v) is 14.2. The Morgan fingerprint density at radius 2 is 1.67 bits per heavy atom. The van der Waals surface area contributed by atoms with Gasteiger partial charge in [0.15, 0.2) is 5.79 Å². The molecule has 4 aliphatic carbocycles. The number of amides is 2. The van der Waals surface area contributed by atoms with E-state index in [1.807, 2.05) is 0 Å². The molecule has 43 heavy (non-hydrogen) atoms. The second kappa shape index (κ2) is 11.5. The van der Waals surface area contributed by atoms with Gasteiger partial charge in [-0.3, -0.25) is 14.5 Å². The van der Waals surface area contributed by atoms with Crippen LogP contribution in [0.3, 0.4) is 0 Å². The summed E-state index contributed by atoms with van der Waals surface area (Å²) in [5.41, 5.74) is 0.715. The summed E-state index contributed by atoms with van der Waals surface area (Å²) in [6.07, 6.45) is 12.3. The van der Waals surface area contributed by atoms with Gasteiger partial charge in [-0.05, 0) is 104 Å². The van der Waals surface area contributed by atoms with Crippen molar-refractivity contribution in [3.8, 4) is 0 Å². The van der Waals surface area contributed by atoms with Gasteiger partial charge in [-0.1, -0.05) is 27.7 Å². The molecule has 4 saturated carbocycles.